The van der Waals surface area contributed by atoms with Gasteiger partial charge in [0, 0.05) is 5.56 Å². The fourth-order valence-corrected chi connectivity index (χ4v) is 3.46. The SMILES string of the molecule is C=CCc1ccc(-c2ccc(-c3ccc(/C=C/CCCC(C)O)cc3F)cc2)cc1. The zero-order valence-corrected chi connectivity index (χ0v) is 17.5. The molecule has 0 radical (unpaired) electrons. The van der Waals surface area contributed by atoms with Crippen molar-refractivity contribution < 1.29 is 9.50 Å². The minimum atomic E-state index is -0.266. The quantitative estimate of drug-likeness (QED) is 0.292. The standard InChI is InChI=1S/C28H29FO/c1-3-7-22-10-13-24(14-11-22)25-15-17-26(18-16-25)27-19-12-23(20-28(27)29)9-6-4-5-8-21(2)30/h3,6,9-21,30H,1,4-5,7-8H2,2H3/b9-6+. The van der Waals surface area contributed by atoms with Gasteiger partial charge in [0.05, 0.1) is 6.10 Å². The van der Waals surface area contributed by atoms with E-state index < -0.39 is 0 Å². The zero-order valence-electron chi connectivity index (χ0n) is 17.5. The van der Waals surface area contributed by atoms with Crippen molar-refractivity contribution in [1.82, 2.24) is 0 Å². The highest BCUT2D eigenvalue weighted by Gasteiger charge is 2.06. The molecule has 0 aliphatic carbocycles. The van der Waals surface area contributed by atoms with Crippen LogP contribution >= 0.6 is 0 Å². The number of aliphatic hydroxyl groups excluding tert-OH is 1. The molecule has 0 aromatic heterocycles. The first-order valence-corrected chi connectivity index (χ1v) is 10.5. The summed E-state index contributed by atoms with van der Waals surface area (Å²) in [4.78, 5) is 0. The number of benzene rings is 3. The Morgan fingerprint density at radius 2 is 1.57 bits per heavy atom. The monoisotopic (exact) mass is 400 g/mol. The van der Waals surface area contributed by atoms with Crippen LogP contribution in [-0.4, -0.2) is 11.2 Å². The largest absolute Gasteiger partial charge is 0.393 e. The van der Waals surface area contributed by atoms with Crippen LogP contribution < -0.4 is 0 Å². The highest BCUT2D eigenvalue weighted by molar-refractivity contribution is 5.71. The van der Waals surface area contributed by atoms with Crippen LogP contribution in [0.15, 0.2) is 85.5 Å². The van der Waals surface area contributed by atoms with Crippen molar-refractivity contribution in [3.8, 4) is 22.3 Å². The zero-order chi connectivity index (χ0) is 21.3. The lowest BCUT2D eigenvalue weighted by Gasteiger charge is -2.08. The molecular formula is C28H29FO. The van der Waals surface area contributed by atoms with Crippen LogP contribution in [0.25, 0.3) is 28.3 Å². The minimum Gasteiger partial charge on any atom is -0.393 e. The Balaban J connectivity index is 1.68. The van der Waals surface area contributed by atoms with Crippen LogP contribution in [0.2, 0.25) is 0 Å². The molecule has 0 saturated heterocycles. The predicted octanol–water partition coefficient (Wildman–Crippen LogP) is 7.45. The van der Waals surface area contributed by atoms with Crippen molar-refractivity contribution in [2.75, 3.05) is 0 Å². The van der Waals surface area contributed by atoms with Gasteiger partial charge in [-0.2, -0.15) is 0 Å². The number of halogens is 1. The molecule has 2 heteroatoms. The molecule has 0 fully saturated rings. The summed E-state index contributed by atoms with van der Waals surface area (Å²) in [6.07, 6.45) is 9.07. The number of rotatable bonds is 9. The van der Waals surface area contributed by atoms with E-state index in [9.17, 15) is 9.50 Å². The summed E-state index contributed by atoms with van der Waals surface area (Å²) in [5, 5.41) is 9.28. The van der Waals surface area contributed by atoms with Gasteiger partial charge in [-0.25, -0.2) is 4.39 Å². The van der Waals surface area contributed by atoms with Gasteiger partial charge in [-0.1, -0.05) is 78.9 Å². The Hall–Kier alpha value is -2.97. The normalized spacial score (nSPS) is 12.2. The second kappa shape index (κ2) is 10.7. The van der Waals surface area contributed by atoms with Crippen LogP contribution in [0.5, 0.6) is 0 Å². The van der Waals surface area contributed by atoms with E-state index >= 15 is 0 Å². The number of allylic oxidation sites excluding steroid dienone is 2. The lowest BCUT2D eigenvalue weighted by atomic mass is 9.98. The molecule has 1 unspecified atom stereocenters. The minimum absolute atomic E-state index is 0.220. The number of hydrogen-bond acceptors (Lipinski definition) is 1. The van der Waals surface area contributed by atoms with Gasteiger partial charge in [0.25, 0.3) is 0 Å². The number of hydrogen-bond donors (Lipinski definition) is 1. The third kappa shape index (κ3) is 6.01. The Kier molecular flexibility index (Phi) is 7.75. The van der Waals surface area contributed by atoms with E-state index in [2.05, 4.69) is 30.8 Å². The van der Waals surface area contributed by atoms with Crippen LogP contribution in [0.3, 0.4) is 0 Å². The second-order valence-electron chi connectivity index (χ2n) is 7.69. The molecule has 154 valence electrons. The fourth-order valence-electron chi connectivity index (χ4n) is 3.46. The maximum absolute atomic E-state index is 14.7. The first-order chi connectivity index (χ1) is 14.6. The highest BCUT2D eigenvalue weighted by Crippen LogP contribution is 2.28. The molecule has 1 nitrogen and oxygen atoms in total. The van der Waals surface area contributed by atoms with Crippen molar-refractivity contribution in [3.63, 3.8) is 0 Å². The lowest BCUT2D eigenvalue weighted by molar-refractivity contribution is 0.182. The first kappa shape index (κ1) is 21.7. The van der Waals surface area contributed by atoms with Gasteiger partial charge < -0.3 is 5.11 Å². The van der Waals surface area contributed by atoms with Crippen molar-refractivity contribution in [2.24, 2.45) is 0 Å². The van der Waals surface area contributed by atoms with Gasteiger partial charge in [0.15, 0.2) is 0 Å². The van der Waals surface area contributed by atoms with Crippen LogP contribution in [0, 0.1) is 5.82 Å². The lowest BCUT2D eigenvalue weighted by Crippen LogP contribution is -1.97. The highest BCUT2D eigenvalue weighted by atomic mass is 19.1. The third-order valence-corrected chi connectivity index (χ3v) is 5.16. The molecular weight excluding hydrogens is 371 g/mol. The third-order valence-electron chi connectivity index (χ3n) is 5.16. The van der Waals surface area contributed by atoms with E-state index in [1.165, 1.54) is 5.56 Å². The Labute approximate surface area is 179 Å². The van der Waals surface area contributed by atoms with Crippen molar-refractivity contribution >= 4 is 6.08 Å². The molecule has 0 heterocycles. The fraction of sp³-hybridized carbons (Fsp3) is 0.214. The Morgan fingerprint density at radius 1 is 0.933 bits per heavy atom. The van der Waals surface area contributed by atoms with E-state index in [0.29, 0.717) is 5.56 Å². The Morgan fingerprint density at radius 3 is 2.17 bits per heavy atom. The number of unbranched alkanes of at least 4 members (excludes halogenated alkanes) is 1. The van der Waals surface area contributed by atoms with Gasteiger partial charge in [0.1, 0.15) is 5.82 Å². The summed E-state index contributed by atoms with van der Waals surface area (Å²) in [5.41, 5.74) is 5.82. The molecule has 0 amide bonds. The van der Waals surface area contributed by atoms with E-state index in [1.807, 2.05) is 54.6 Å². The molecule has 1 N–H and O–H groups in total. The topological polar surface area (TPSA) is 20.2 Å². The molecule has 3 rings (SSSR count). The number of aliphatic hydroxyl groups is 1. The molecule has 0 saturated carbocycles. The predicted molar refractivity (Wildman–Crippen MR) is 126 cm³/mol. The summed E-state index contributed by atoms with van der Waals surface area (Å²) in [6.45, 7) is 5.57. The molecule has 0 spiro atoms. The average Bonchev–Trinajstić information content (AvgIpc) is 2.74. The molecule has 3 aromatic rings. The summed E-state index contributed by atoms with van der Waals surface area (Å²) in [6, 6.07) is 21.8. The summed E-state index contributed by atoms with van der Waals surface area (Å²) >= 11 is 0. The second-order valence-corrected chi connectivity index (χ2v) is 7.69. The molecule has 1 atom stereocenters. The van der Waals surface area contributed by atoms with Gasteiger partial charge in [0.2, 0.25) is 0 Å². The van der Waals surface area contributed by atoms with Gasteiger partial charge in [-0.3, -0.25) is 0 Å². The van der Waals surface area contributed by atoms with E-state index in [-0.39, 0.29) is 11.9 Å². The molecule has 0 aliphatic heterocycles. The van der Waals surface area contributed by atoms with Crippen molar-refractivity contribution in [2.45, 2.75) is 38.7 Å². The van der Waals surface area contributed by atoms with E-state index in [0.717, 1.165) is 47.9 Å². The summed E-state index contributed by atoms with van der Waals surface area (Å²) in [5.74, 6) is -0.220. The van der Waals surface area contributed by atoms with Gasteiger partial charge >= 0.3 is 0 Å². The van der Waals surface area contributed by atoms with Crippen LogP contribution in [0.4, 0.5) is 4.39 Å². The molecule has 3 aromatic carbocycles. The molecule has 30 heavy (non-hydrogen) atoms. The summed E-state index contributed by atoms with van der Waals surface area (Å²) in [7, 11) is 0. The van der Waals surface area contributed by atoms with Gasteiger partial charge in [-0.05, 0) is 66.5 Å². The maximum Gasteiger partial charge on any atom is 0.131 e. The smallest absolute Gasteiger partial charge is 0.131 e. The Bertz CT molecular complexity index is 982. The average molecular weight is 401 g/mol. The molecule has 0 aliphatic rings. The molecule has 0 bridgehead atoms. The first-order valence-electron chi connectivity index (χ1n) is 10.5. The van der Waals surface area contributed by atoms with Crippen LogP contribution in [0.1, 0.15) is 37.3 Å². The van der Waals surface area contributed by atoms with Gasteiger partial charge in [-0.15, -0.1) is 6.58 Å². The maximum atomic E-state index is 14.7. The summed E-state index contributed by atoms with van der Waals surface area (Å²) < 4.78 is 14.7. The van der Waals surface area contributed by atoms with E-state index in [1.54, 1.807) is 13.0 Å². The van der Waals surface area contributed by atoms with Crippen LogP contribution in [-0.2, 0) is 6.42 Å². The van der Waals surface area contributed by atoms with E-state index in [4.69, 9.17) is 0 Å². The van der Waals surface area contributed by atoms with Crippen molar-refractivity contribution in [1.29, 1.82) is 0 Å². The van der Waals surface area contributed by atoms with Crippen molar-refractivity contribution in [3.05, 3.63) is 102 Å².